The zero-order valence-electron chi connectivity index (χ0n) is 16.8. The van der Waals surface area contributed by atoms with Crippen molar-refractivity contribution in [2.75, 3.05) is 26.8 Å². The van der Waals surface area contributed by atoms with Crippen molar-refractivity contribution < 1.29 is 22.7 Å². The molecule has 3 aliphatic rings. The summed E-state index contributed by atoms with van der Waals surface area (Å²) in [6.45, 7) is 1.03. The first-order valence-corrected chi connectivity index (χ1v) is 11.4. The molecule has 0 radical (unpaired) electrons. The second kappa shape index (κ2) is 7.38. The van der Waals surface area contributed by atoms with Crippen LogP contribution in [0.5, 0.6) is 0 Å². The van der Waals surface area contributed by atoms with Crippen molar-refractivity contribution in [1.82, 2.24) is 9.21 Å². The highest BCUT2D eigenvalue weighted by Crippen LogP contribution is 2.62. The van der Waals surface area contributed by atoms with Crippen LogP contribution in [0.1, 0.15) is 29.6 Å². The minimum atomic E-state index is -4.01. The molecular formula is C21H25N3O5S. The highest BCUT2D eigenvalue weighted by atomic mass is 32.2. The minimum absolute atomic E-state index is 0.00875. The zero-order chi connectivity index (χ0) is 21.7. The molecule has 30 heavy (non-hydrogen) atoms. The highest BCUT2D eigenvalue weighted by molar-refractivity contribution is 7.89. The van der Waals surface area contributed by atoms with E-state index in [9.17, 15) is 18.0 Å². The van der Waals surface area contributed by atoms with Crippen LogP contribution >= 0.6 is 0 Å². The Morgan fingerprint density at radius 1 is 1.43 bits per heavy atom. The van der Waals surface area contributed by atoms with Crippen molar-refractivity contribution in [2.24, 2.45) is 17.1 Å². The maximum atomic E-state index is 13.6. The third-order valence-corrected chi connectivity index (χ3v) is 8.74. The van der Waals surface area contributed by atoms with E-state index in [0.717, 1.165) is 12.8 Å². The zero-order valence-corrected chi connectivity index (χ0v) is 17.6. The van der Waals surface area contributed by atoms with Gasteiger partial charge in [0.1, 0.15) is 6.04 Å². The van der Waals surface area contributed by atoms with Crippen molar-refractivity contribution in [1.29, 1.82) is 0 Å². The number of nitrogens with two attached hydrogens (primary N) is 1. The van der Waals surface area contributed by atoms with Gasteiger partial charge in [0.2, 0.25) is 21.8 Å². The van der Waals surface area contributed by atoms with Crippen LogP contribution in [0.4, 0.5) is 0 Å². The van der Waals surface area contributed by atoms with Gasteiger partial charge in [0, 0.05) is 36.6 Å². The number of hydrogen-bond donors (Lipinski definition) is 1. The predicted molar refractivity (Wildman–Crippen MR) is 109 cm³/mol. The molecular weight excluding hydrogens is 406 g/mol. The molecule has 0 aromatic heterocycles. The molecule has 1 aliphatic carbocycles. The summed E-state index contributed by atoms with van der Waals surface area (Å²) in [5.74, 6) is 1.54. The number of methoxy groups -OCH3 is 1. The van der Waals surface area contributed by atoms with Gasteiger partial charge in [-0.05, 0) is 31.0 Å². The van der Waals surface area contributed by atoms with Crippen LogP contribution in [0, 0.1) is 23.7 Å². The van der Waals surface area contributed by atoms with Crippen molar-refractivity contribution in [3.8, 4) is 12.3 Å². The molecule has 1 saturated carbocycles. The molecule has 2 saturated heterocycles. The van der Waals surface area contributed by atoms with Crippen LogP contribution < -0.4 is 5.73 Å². The number of terminal acetylenes is 1. The average molecular weight is 432 g/mol. The lowest BCUT2D eigenvalue weighted by molar-refractivity contribution is -0.185. The van der Waals surface area contributed by atoms with E-state index in [0.29, 0.717) is 19.6 Å². The monoisotopic (exact) mass is 431 g/mol. The van der Waals surface area contributed by atoms with Crippen molar-refractivity contribution in [3.63, 3.8) is 0 Å². The number of ether oxygens (including phenoxy) is 1. The number of likely N-dealkylation sites (tertiary alicyclic amines) is 1. The highest BCUT2D eigenvalue weighted by Gasteiger charge is 2.73. The maximum absolute atomic E-state index is 13.6. The number of carbonyl (C=O) groups excluding carboxylic acids is 2. The maximum Gasteiger partial charge on any atom is 0.248 e. The molecule has 2 aliphatic heterocycles. The van der Waals surface area contributed by atoms with Gasteiger partial charge >= 0.3 is 0 Å². The number of carbonyl (C=O) groups is 2. The first kappa shape index (κ1) is 20.8. The fourth-order valence-corrected chi connectivity index (χ4v) is 7.66. The van der Waals surface area contributed by atoms with Crippen LogP contribution in [0.25, 0.3) is 0 Å². The molecule has 2 N–H and O–H groups in total. The molecule has 4 rings (SSSR count). The Kier molecular flexibility index (Phi) is 5.12. The van der Waals surface area contributed by atoms with Crippen molar-refractivity contribution in [3.05, 3.63) is 29.8 Å². The average Bonchev–Trinajstić information content (AvgIpc) is 3.03. The normalized spacial score (nSPS) is 30.9. The van der Waals surface area contributed by atoms with Gasteiger partial charge in [-0.25, -0.2) is 8.42 Å². The number of primary amides is 1. The number of sulfonamides is 1. The lowest BCUT2D eigenvalue weighted by atomic mass is 9.58. The third-order valence-electron chi connectivity index (χ3n) is 6.87. The van der Waals surface area contributed by atoms with Gasteiger partial charge in [0.05, 0.1) is 18.0 Å². The van der Waals surface area contributed by atoms with Crippen LogP contribution in [0.15, 0.2) is 29.2 Å². The van der Waals surface area contributed by atoms with Crippen LogP contribution in [0.2, 0.25) is 0 Å². The van der Waals surface area contributed by atoms with Crippen molar-refractivity contribution in [2.45, 2.75) is 36.2 Å². The smallest absolute Gasteiger partial charge is 0.248 e. The van der Waals surface area contributed by atoms with Crippen LogP contribution in [-0.4, -0.2) is 68.3 Å². The SMILES string of the molecule is C#CCN1C[C@H](COC)C23CCCC2N(S(=O)(=O)c2cccc(C(N)=O)c2)C3C1=O. The molecule has 3 fully saturated rings. The van der Waals surface area contributed by atoms with E-state index in [4.69, 9.17) is 16.9 Å². The first-order valence-electron chi connectivity index (χ1n) is 9.93. The Hall–Kier alpha value is -2.41. The quantitative estimate of drug-likeness (QED) is 0.657. The largest absolute Gasteiger partial charge is 0.384 e. The molecule has 1 spiro atoms. The lowest BCUT2D eigenvalue weighted by Crippen LogP contribution is -2.80. The summed E-state index contributed by atoms with van der Waals surface area (Å²) < 4.78 is 34.0. The Morgan fingerprint density at radius 2 is 2.20 bits per heavy atom. The summed E-state index contributed by atoms with van der Waals surface area (Å²) in [6.07, 6.45) is 7.76. The summed E-state index contributed by atoms with van der Waals surface area (Å²) in [7, 11) is -2.40. The van der Waals surface area contributed by atoms with E-state index in [1.807, 2.05) is 0 Å². The van der Waals surface area contributed by atoms with Crippen LogP contribution in [0.3, 0.4) is 0 Å². The number of amides is 2. The fourth-order valence-electron chi connectivity index (χ4n) is 5.69. The van der Waals surface area contributed by atoms with Crippen molar-refractivity contribution >= 4 is 21.8 Å². The number of piperidine rings is 1. The summed E-state index contributed by atoms with van der Waals surface area (Å²) in [4.78, 5) is 26.4. The molecule has 2 amide bonds. The summed E-state index contributed by atoms with van der Waals surface area (Å²) in [5, 5.41) is 0. The molecule has 2 heterocycles. The predicted octanol–water partition coefficient (Wildman–Crippen LogP) is 0.435. The number of rotatable bonds is 6. The number of nitrogens with zero attached hydrogens (tertiary/aromatic N) is 2. The van der Waals surface area contributed by atoms with E-state index in [1.54, 1.807) is 12.0 Å². The van der Waals surface area contributed by atoms with Gasteiger partial charge in [-0.1, -0.05) is 18.4 Å². The van der Waals surface area contributed by atoms with E-state index in [1.165, 1.54) is 28.6 Å². The lowest BCUT2D eigenvalue weighted by Gasteiger charge is -2.65. The molecule has 8 nitrogen and oxygen atoms in total. The van der Waals surface area contributed by atoms with E-state index < -0.39 is 27.4 Å². The summed E-state index contributed by atoms with van der Waals surface area (Å²) >= 11 is 0. The first-order chi connectivity index (χ1) is 14.3. The van der Waals surface area contributed by atoms with Gasteiger partial charge in [-0.2, -0.15) is 4.31 Å². The Labute approximate surface area is 176 Å². The molecule has 9 heteroatoms. The number of benzene rings is 1. The molecule has 1 aromatic rings. The molecule has 160 valence electrons. The van der Waals surface area contributed by atoms with Gasteiger partial charge in [0.25, 0.3) is 0 Å². The van der Waals surface area contributed by atoms with E-state index >= 15 is 0 Å². The van der Waals surface area contributed by atoms with Gasteiger partial charge in [-0.3, -0.25) is 9.59 Å². The summed E-state index contributed by atoms with van der Waals surface area (Å²) in [6, 6.07) is 4.56. The van der Waals surface area contributed by atoms with Gasteiger partial charge in [0.15, 0.2) is 0 Å². The molecule has 3 unspecified atom stereocenters. The van der Waals surface area contributed by atoms with Gasteiger partial charge in [-0.15, -0.1) is 6.42 Å². The van der Waals surface area contributed by atoms with E-state index in [-0.39, 0.29) is 34.9 Å². The second-order valence-electron chi connectivity index (χ2n) is 8.23. The Bertz CT molecular complexity index is 1030. The molecule has 0 bridgehead atoms. The number of hydrogen-bond acceptors (Lipinski definition) is 5. The van der Waals surface area contributed by atoms with Crippen LogP contribution in [-0.2, 0) is 19.6 Å². The third kappa shape index (κ3) is 2.78. The minimum Gasteiger partial charge on any atom is -0.384 e. The molecule has 1 aromatic carbocycles. The Morgan fingerprint density at radius 3 is 2.87 bits per heavy atom. The van der Waals surface area contributed by atoms with E-state index in [2.05, 4.69) is 5.92 Å². The standard InChI is InChI=1S/C21H25N3O5S/c1-3-10-23-12-15(13-29-2)21-9-5-8-17(21)24(18(21)20(23)26)30(27,28)16-7-4-6-14(11-16)19(22)25/h1,4,6-7,11,15,17-18H,5,8-10,12-13H2,2H3,(H2,22,25)/t15-,17?,18?,21?/m1/s1. The Balaban J connectivity index is 1.78. The second-order valence-corrected chi connectivity index (χ2v) is 10.1. The fraction of sp³-hybridized carbons (Fsp3) is 0.524. The molecule has 4 atom stereocenters. The summed E-state index contributed by atoms with van der Waals surface area (Å²) in [5.41, 5.74) is 4.99. The topological polar surface area (TPSA) is 110 Å². The van der Waals surface area contributed by atoms with Gasteiger partial charge < -0.3 is 15.4 Å².